The molecule has 0 amide bonds. The van der Waals surface area contributed by atoms with Gasteiger partial charge >= 0.3 is 5.97 Å². The fourth-order valence-corrected chi connectivity index (χ4v) is 2.56. The summed E-state index contributed by atoms with van der Waals surface area (Å²) in [7, 11) is 0. The summed E-state index contributed by atoms with van der Waals surface area (Å²) in [5.74, 6) is -2.58. The Bertz CT molecular complexity index is 457. The van der Waals surface area contributed by atoms with Crippen molar-refractivity contribution >= 4 is 5.97 Å². The minimum absolute atomic E-state index is 0.0378. The van der Waals surface area contributed by atoms with Gasteiger partial charge in [0, 0.05) is 11.6 Å². The molecule has 19 heavy (non-hydrogen) atoms. The first-order valence-corrected chi connectivity index (χ1v) is 6.51. The lowest BCUT2D eigenvalue weighted by molar-refractivity contribution is -0.143. The van der Waals surface area contributed by atoms with Crippen LogP contribution >= 0.6 is 0 Å². The van der Waals surface area contributed by atoms with E-state index in [1.54, 1.807) is 4.90 Å². The highest BCUT2D eigenvalue weighted by Gasteiger charge is 2.30. The van der Waals surface area contributed by atoms with Crippen molar-refractivity contribution in [3.8, 4) is 0 Å². The summed E-state index contributed by atoms with van der Waals surface area (Å²) in [6.45, 7) is 1.27. The number of carboxylic acid groups (broad SMARTS) is 1. The summed E-state index contributed by atoms with van der Waals surface area (Å²) in [6.07, 6.45) is 3.95. The van der Waals surface area contributed by atoms with Gasteiger partial charge in [0.05, 0.1) is 0 Å². The third-order valence-electron chi connectivity index (χ3n) is 3.50. The van der Waals surface area contributed by atoms with Crippen LogP contribution in [-0.4, -0.2) is 29.1 Å². The molecule has 1 fully saturated rings. The van der Waals surface area contributed by atoms with Crippen LogP contribution in [0.3, 0.4) is 0 Å². The molecule has 1 N–H and O–H groups in total. The van der Waals surface area contributed by atoms with Crippen molar-refractivity contribution in [1.82, 2.24) is 4.90 Å². The number of benzene rings is 1. The minimum atomic E-state index is -1.09. The molecule has 1 unspecified atom stereocenters. The normalized spacial score (nSPS) is 18.8. The van der Waals surface area contributed by atoms with Gasteiger partial charge in [-0.1, -0.05) is 18.9 Å². The molecule has 2 rings (SSSR count). The fourth-order valence-electron chi connectivity index (χ4n) is 2.56. The van der Waals surface area contributed by atoms with Gasteiger partial charge in [-0.15, -0.1) is 0 Å². The molecule has 104 valence electrons. The second-order valence-electron chi connectivity index (χ2n) is 4.86. The maximum atomic E-state index is 13.8. The Morgan fingerprint density at radius 1 is 1.16 bits per heavy atom. The SMILES string of the molecule is O=C(O)C(c1ccc(F)cc1F)N1CCCCCC1. The zero-order valence-corrected chi connectivity index (χ0v) is 10.6. The highest BCUT2D eigenvalue weighted by atomic mass is 19.1. The molecule has 1 aliphatic heterocycles. The fraction of sp³-hybridized carbons (Fsp3) is 0.500. The van der Waals surface area contributed by atoms with Crippen LogP contribution in [-0.2, 0) is 4.79 Å². The molecule has 0 saturated carbocycles. The van der Waals surface area contributed by atoms with Crippen LogP contribution in [0.5, 0.6) is 0 Å². The van der Waals surface area contributed by atoms with Crippen LogP contribution in [0.4, 0.5) is 8.78 Å². The maximum absolute atomic E-state index is 13.8. The molecule has 1 aliphatic rings. The molecule has 0 aromatic heterocycles. The lowest BCUT2D eigenvalue weighted by Crippen LogP contribution is -2.35. The van der Waals surface area contributed by atoms with Crippen molar-refractivity contribution in [3.05, 3.63) is 35.4 Å². The number of hydrogen-bond acceptors (Lipinski definition) is 2. The predicted molar refractivity (Wildman–Crippen MR) is 66.8 cm³/mol. The number of likely N-dealkylation sites (tertiary alicyclic amines) is 1. The van der Waals surface area contributed by atoms with E-state index in [-0.39, 0.29) is 5.56 Å². The van der Waals surface area contributed by atoms with Gasteiger partial charge in [-0.3, -0.25) is 9.69 Å². The van der Waals surface area contributed by atoms with Crippen LogP contribution in [0.2, 0.25) is 0 Å². The number of carbonyl (C=O) groups is 1. The molecule has 0 radical (unpaired) electrons. The number of rotatable bonds is 3. The molecule has 1 saturated heterocycles. The van der Waals surface area contributed by atoms with Gasteiger partial charge in [0.2, 0.25) is 0 Å². The molecule has 1 atom stereocenters. The maximum Gasteiger partial charge on any atom is 0.325 e. The molecular weight excluding hydrogens is 252 g/mol. The Morgan fingerprint density at radius 2 is 1.79 bits per heavy atom. The van der Waals surface area contributed by atoms with Crippen molar-refractivity contribution in [3.63, 3.8) is 0 Å². The van der Waals surface area contributed by atoms with E-state index in [1.807, 2.05) is 0 Å². The van der Waals surface area contributed by atoms with Gasteiger partial charge in [-0.05, 0) is 32.0 Å². The molecule has 3 nitrogen and oxygen atoms in total. The smallest absolute Gasteiger partial charge is 0.325 e. The molecular formula is C14H17F2NO2. The highest BCUT2D eigenvalue weighted by molar-refractivity contribution is 5.75. The quantitative estimate of drug-likeness (QED) is 0.917. The first kappa shape index (κ1) is 13.9. The average Bonchev–Trinajstić information content (AvgIpc) is 2.61. The standard InChI is InChI=1S/C14H17F2NO2/c15-10-5-6-11(12(16)9-10)13(14(18)19)17-7-3-1-2-4-8-17/h5-6,9,13H,1-4,7-8H2,(H,18,19). The molecule has 0 aliphatic carbocycles. The Labute approximate surface area is 110 Å². The van der Waals surface area contributed by atoms with Crippen molar-refractivity contribution in [2.45, 2.75) is 31.7 Å². The van der Waals surface area contributed by atoms with Crippen LogP contribution in [0.25, 0.3) is 0 Å². The zero-order valence-electron chi connectivity index (χ0n) is 10.6. The van der Waals surface area contributed by atoms with Gasteiger partial charge in [-0.2, -0.15) is 0 Å². The Hall–Kier alpha value is -1.49. The Morgan fingerprint density at radius 3 is 2.32 bits per heavy atom. The molecule has 0 bridgehead atoms. The lowest BCUT2D eigenvalue weighted by atomic mass is 10.0. The van der Waals surface area contributed by atoms with Crippen molar-refractivity contribution < 1.29 is 18.7 Å². The number of aliphatic carboxylic acids is 1. The summed E-state index contributed by atoms with van der Waals surface area (Å²) in [5, 5.41) is 9.36. The predicted octanol–water partition coefficient (Wildman–Crippen LogP) is 2.97. The second kappa shape index (κ2) is 6.10. The topological polar surface area (TPSA) is 40.5 Å². The molecule has 5 heteroatoms. The van der Waals surface area contributed by atoms with Gasteiger partial charge < -0.3 is 5.11 Å². The van der Waals surface area contributed by atoms with E-state index in [0.29, 0.717) is 13.1 Å². The molecule has 1 heterocycles. The van der Waals surface area contributed by atoms with E-state index in [4.69, 9.17) is 0 Å². The van der Waals surface area contributed by atoms with Crippen molar-refractivity contribution in [1.29, 1.82) is 0 Å². The zero-order chi connectivity index (χ0) is 13.8. The van der Waals surface area contributed by atoms with Crippen LogP contribution in [0, 0.1) is 11.6 Å². The highest BCUT2D eigenvalue weighted by Crippen LogP contribution is 2.27. The monoisotopic (exact) mass is 269 g/mol. The van der Waals surface area contributed by atoms with Gasteiger partial charge in [0.1, 0.15) is 17.7 Å². The van der Waals surface area contributed by atoms with E-state index in [0.717, 1.165) is 37.8 Å². The van der Waals surface area contributed by atoms with E-state index in [9.17, 15) is 18.7 Å². The van der Waals surface area contributed by atoms with E-state index < -0.39 is 23.6 Å². The number of nitrogens with zero attached hydrogens (tertiary/aromatic N) is 1. The third kappa shape index (κ3) is 3.29. The summed E-state index contributed by atoms with van der Waals surface area (Å²) in [4.78, 5) is 13.2. The van der Waals surface area contributed by atoms with Gasteiger partial charge in [-0.25, -0.2) is 8.78 Å². The van der Waals surface area contributed by atoms with Crippen molar-refractivity contribution in [2.75, 3.05) is 13.1 Å². The summed E-state index contributed by atoms with van der Waals surface area (Å²) >= 11 is 0. The average molecular weight is 269 g/mol. The first-order valence-electron chi connectivity index (χ1n) is 6.51. The van der Waals surface area contributed by atoms with E-state index in [2.05, 4.69) is 0 Å². The molecule has 0 spiro atoms. The van der Waals surface area contributed by atoms with E-state index in [1.165, 1.54) is 6.07 Å². The molecule has 1 aromatic carbocycles. The molecule has 1 aromatic rings. The van der Waals surface area contributed by atoms with Gasteiger partial charge in [0.25, 0.3) is 0 Å². The van der Waals surface area contributed by atoms with Gasteiger partial charge in [0.15, 0.2) is 0 Å². The largest absolute Gasteiger partial charge is 0.480 e. The number of halogens is 2. The summed E-state index contributed by atoms with van der Waals surface area (Å²) in [5.41, 5.74) is 0.0378. The third-order valence-corrected chi connectivity index (χ3v) is 3.50. The Kier molecular flexibility index (Phi) is 4.47. The number of carboxylic acids is 1. The number of hydrogen-bond donors (Lipinski definition) is 1. The van der Waals surface area contributed by atoms with Crippen molar-refractivity contribution in [2.24, 2.45) is 0 Å². The minimum Gasteiger partial charge on any atom is -0.480 e. The second-order valence-corrected chi connectivity index (χ2v) is 4.86. The summed E-state index contributed by atoms with van der Waals surface area (Å²) in [6, 6.07) is 2.04. The van der Waals surface area contributed by atoms with Crippen LogP contribution in [0.1, 0.15) is 37.3 Å². The van der Waals surface area contributed by atoms with E-state index >= 15 is 0 Å². The first-order chi connectivity index (χ1) is 9.09. The lowest BCUT2D eigenvalue weighted by Gasteiger charge is -2.27. The Balaban J connectivity index is 2.30. The van der Waals surface area contributed by atoms with Crippen LogP contribution in [0.15, 0.2) is 18.2 Å². The van der Waals surface area contributed by atoms with Crippen LogP contribution < -0.4 is 0 Å². The summed E-state index contributed by atoms with van der Waals surface area (Å²) < 4.78 is 26.7.